The van der Waals surface area contributed by atoms with Gasteiger partial charge in [0.25, 0.3) is 0 Å². The Morgan fingerprint density at radius 2 is 2.05 bits per heavy atom. The molecule has 1 rings (SSSR count). The molecule has 126 valence electrons. The molecule has 0 aromatic heterocycles. The van der Waals surface area contributed by atoms with Crippen molar-refractivity contribution in [3.63, 3.8) is 0 Å². The van der Waals surface area contributed by atoms with Gasteiger partial charge < -0.3 is 15.8 Å². The van der Waals surface area contributed by atoms with Crippen LogP contribution in [0, 0.1) is 0 Å². The molecule has 0 fully saturated rings. The van der Waals surface area contributed by atoms with Crippen LogP contribution in [0.5, 0.6) is 0 Å². The van der Waals surface area contributed by atoms with Crippen molar-refractivity contribution in [3.05, 3.63) is 29.8 Å². The second kappa shape index (κ2) is 10.8. The van der Waals surface area contributed by atoms with Crippen molar-refractivity contribution < 1.29 is 13.2 Å². The number of nitrogens with one attached hydrogen (secondary N) is 2. The van der Waals surface area contributed by atoms with E-state index in [2.05, 4.69) is 15.0 Å². The van der Waals surface area contributed by atoms with Crippen LogP contribution in [0.4, 0.5) is 5.69 Å². The fraction of sp³-hybridized carbons (Fsp3) is 0.462. The number of benzene rings is 1. The molecule has 0 heterocycles. The summed E-state index contributed by atoms with van der Waals surface area (Å²) in [4.78, 5) is 4.15. The first-order chi connectivity index (χ1) is 9.92. The van der Waals surface area contributed by atoms with Gasteiger partial charge >= 0.3 is 0 Å². The summed E-state index contributed by atoms with van der Waals surface area (Å²) >= 11 is 0. The zero-order chi connectivity index (χ0) is 15.7. The van der Waals surface area contributed by atoms with Gasteiger partial charge in [0, 0.05) is 31.5 Å². The van der Waals surface area contributed by atoms with Gasteiger partial charge in [0.05, 0.1) is 12.9 Å². The molecule has 9 heteroatoms. The van der Waals surface area contributed by atoms with Crippen LogP contribution >= 0.6 is 24.0 Å². The molecule has 1 aromatic rings. The van der Waals surface area contributed by atoms with E-state index in [-0.39, 0.29) is 29.9 Å². The number of guanidine groups is 1. The van der Waals surface area contributed by atoms with Gasteiger partial charge in [0.15, 0.2) is 5.96 Å². The fourth-order valence-corrected chi connectivity index (χ4v) is 2.15. The lowest BCUT2D eigenvalue weighted by Gasteiger charge is -2.10. The van der Waals surface area contributed by atoms with E-state index in [1.807, 2.05) is 24.3 Å². The van der Waals surface area contributed by atoms with Crippen molar-refractivity contribution in [2.24, 2.45) is 10.7 Å². The van der Waals surface area contributed by atoms with Crippen molar-refractivity contribution in [1.82, 2.24) is 4.72 Å². The highest BCUT2D eigenvalue weighted by Crippen LogP contribution is 2.15. The number of methoxy groups -OCH3 is 1. The van der Waals surface area contributed by atoms with E-state index in [0.29, 0.717) is 26.1 Å². The maximum atomic E-state index is 10.9. The standard InChI is InChI=1S/C13H22N4O3S.HI/c1-20-10-11-6-3-4-7-12(11)17-13(14)15-8-5-9-16-21(2,18)19;/h3-4,6-7,16H,5,8-10H2,1-2H3,(H3,14,15,17);1H. The summed E-state index contributed by atoms with van der Waals surface area (Å²) in [6, 6.07) is 7.64. The third kappa shape index (κ3) is 9.18. The van der Waals surface area contributed by atoms with Gasteiger partial charge in [-0.3, -0.25) is 4.99 Å². The Hall–Kier alpha value is -0.910. The molecule has 4 N–H and O–H groups in total. The largest absolute Gasteiger partial charge is 0.380 e. The van der Waals surface area contributed by atoms with Crippen LogP contribution in [0.1, 0.15) is 12.0 Å². The monoisotopic (exact) mass is 442 g/mol. The van der Waals surface area contributed by atoms with Crippen molar-refractivity contribution in [2.45, 2.75) is 13.0 Å². The van der Waals surface area contributed by atoms with E-state index >= 15 is 0 Å². The third-order valence-electron chi connectivity index (χ3n) is 2.56. The first-order valence-electron chi connectivity index (χ1n) is 6.51. The predicted octanol–water partition coefficient (Wildman–Crippen LogP) is 1.12. The van der Waals surface area contributed by atoms with Crippen LogP contribution in [0.3, 0.4) is 0 Å². The number of ether oxygens (including phenoxy) is 1. The molecule has 22 heavy (non-hydrogen) atoms. The number of nitrogens with zero attached hydrogens (tertiary/aromatic N) is 1. The van der Waals surface area contributed by atoms with Crippen LogP contribution in [-0.4, -0.2) is 40.8 Å². The van der Waals surface area contributed by atoms with Gasteiger partial charge in [-0.1, -0.05) is 18.2 Å². The van der Waals surface area contributed by atoms with Crippen molar-refractivity contribution in [3.8, 4) is 0 Å². The predicted molar refractivity (Wildman–Crippen MR) is 100 cm³/mol. The number of hydrogen-bond acceptors (Lipinski definition) is 4. The summed E-state index contributed by atoms with van der Waals surface area (Å²) < 4.78 is 29.3. The Kier molecular flexibility index (Phi) is 10.3. The molecule has 0 spiro atoms. The molecule has 0 radical (unpaired) electrons. The summed E-state index contributed by atoms with van der Waals surface area (Å²) in [6.45, 7) is 1.26. The number of anilines is 1. The molecule has 0 atom stereocenters. The summed E-state index contributed by atoms with van der Waals surface area (Å²) in [5.74, 6) is 0.290. The van der Waals surface area contributed by atoms with E-state index < -0.39 is 10.0 Å². The van der Waals surface area contributed by atoms with E-state index in [9.17, 15) is 8.42 Å². The number of aliphatic imine (C=N–C) groups is 1. The highest BCUT2D eigenvalue weighted by Gasteiger charge is 2.02. The van der Waals surface area contributed by atoms with Gasteiger partial charge in [-0.2, -0.15) is 0 Å². The maximum Gasteiger partial charge on any atom is 0.208 e. The Morgan fingerprint density at radius 1 is 1.36 bits per heavy atom. The zero-order valence-electron chi connectivity index (χ0n) is 12.7. The quantitative estimate of drug-likeness (QED) is 0.242. The third-order valence-corrected chi connectivity index (χ3v) is 3.29. The topological polar surface area (TPSA) is 106 Å². The van der Waals surface area contributed by atoms with Gasteiger partial charge in [-0.25, -0.2) is 13.1 Å². The zero-order valence-corrected chi connectivity index (χ0v) is 15.9. The lowest BCUT2D eigenvalue weighted by Crippen LogP contribution is -2.25. The first kappa shape index (κ1) is 21.1. The maximum absolute atomic E-state index is 10.9. The molecule has 0 aliphatic rings. The second-order valence-corrected chi connectivity index (χ2v) is 6.34. The normalized spacial score (nSPS) is 11.8. The highest BCUT2D eigenvalue weighted by molar-refractivity contribution is 14.0. The molecule has 0 bridgehead atoms. The molecule has 0 amide bonds. The Morgan fingerprint density at radius 3 is 2.68 bits per heavy atom. The number of para-hydroxylation sites is 1. The number of nitrogens with two attached hydrogens (primary N) is 1. The molecule has 0 aliphatic heterocycles. The van der Waals surface area contributed by atoms with E-state index in [1.54, 1.807) is 7.11 Å². The smallest absolute Gasteiger partial charge is 0.208 e. The first-order valence-corrected chi connectivity index (χ1v) is 8.40. The minimum atomic E-state index is -3.14. The molecule has 0 saturated heterocycles. The second-order valence-electron chi connectivity index (χ2n) is 4.50. The lowest BCUT2D eigenvalue weighted by molar-refractivity contribution is 0.185. The minimum absolute atomic E-state index is 0. The Labute approximate surface area is 148 Å². The molecule has 0 unspecified atom stereocenters. The Bertz CT molecular complexity index is 578. The number of rotatable bonds is 8. The van der Waals surface area contributed by atoms with Crippen molar-refractivity contribution >= 4 is 45.6 Å². The summed E-state index contributed by atoms with van der Waals surface area (Å²) in [5, 5.41) is 3.01. The molecular weight excluding hydrogens is 419 g/mol. The number of halogens is 1. The summed E-state index contributed by atoms with van der Waals surface area (Å²) in [5.41, 5.74) is 7.62. The van der Waals surface area contributed by atoms with Crippen LogP contribution in [0.15, 0.2) is 29.3 Å². The van der Waals surface area contributed by atoms with Crippen LogP contribution < -0.4 is 15.8 Å². The molecule has 1 aromatic carbocycles. The number of hydrogen-bond donors (Lipinski definition) is 3. The summed E-state index contributed by atoms with van der Waals surface area (Å²) in [6.07, 6.45) is 1.70. The van der Waals surface area contributed by atoms with Gasteiger partial charge in [-0.15, -0.1) is 24.0 Å². The lowest BCUT2D eigenvalue weighted by atomic mass is 10.2. The van der Waals surface area contributed by atoms with Crippen LogP contribution in [0.2, 0.25) is 0 Å². The molecule has 0 saturated carbocycles. The highest BCUT2D eigenvalue weighted by atomic mass is 127. The van der Waals surface area contributed by atoms with Crippen molar-refractivity contribution in [1.29, 1.82) is 0 Å². The average molecular weight is 442 g/mol. The van der Waals surface area contributed by atoms with E-state index in [4.69, 9.17) is 10.5 Å². The van der Waals surface area contributed by atoms with Gasteiger partial charge in [0.1, 0.15) is 0 Å². The molecule has 7 nitrogen and oxygen atoms in total. The average Bonchev–Trinajstić information content (AvgIpc) is 2.39. The SMILES string of the molecule is COCc1ccccc1NC(N)=NCCCNS(C)(=O)=O.I. The minimum Gasteiger partial charge on any atom is -0.380 e. The molecule has 0 aliphatic carbocycles. The fourth-order valence-electron chi connectivity index (χ4n) is 1.64. The van der Waals surface area contributed by atoms with Crippen LogP contribution in [-0.2, 0) is 21.4 Å². The van der Waals surface area contributed by atoms with E-state index in [1.165, 1.54) is 0 Å². The van der Waals surface area contributed by atoms with Gasteiger partial charge in [0.2, 0.25) is 10.0 Å². The number of sulfonamides is 1. The van der Waals surface area contributed by atoms with Gasteiger partial charge in [-0.05, 0) is 12.5 Å². The summed E-state index contributed by atoms with van der Waals surface area (Å²) in [7, 11) is -1.52. The van der Waals surface area contributed by atoms with Crippen molar-refractivity contribution in [2.75, 3.05) is 31.8 Å². The molecular formula is C13H23IN4O3S. The van der Waals surface area contributed by atoms with Crippen LogP contribution in [0.25, 0.3) is 0 Å². The Balaban J connectivity index is 0.00000441. The van der Waals surface area contributed by atoms with E-state index in [0.717, 1.165) is 17.5 Å².